The predicted molar refractivity (Wildman–Crippen MR) is 67.7 cm³/mol. The van der Waals surface area contributed by atoms with E-state index < -0.39 is 11.9 Å². The molecule has 0 bridgehead atoms. The van der Waals surface area contributed by atoms with Gasteiger partial charge in [0, 0.05) is 19.0 Å². The van der Waals surface area contributed by atoms with Gasteiger partial charge in [-0.2, -0.15) is 0 Å². The fourth-order valence-electron chi connectivity index (χ4n) is 2.40. The molecule has 1 heterocycles. The van der Waals surface area contributed by atoms with Crippen LogP contribution in [0.5, 0.6) is 0 Å². The number of hydrogen-bond donors (Lipinski definition) is 3. The van der Waals surface area contributed by atoms with E-state index >= 15 is 0 Å². The van der Waals surface area contributed by atoms with Crippen LogP contribution in [0.25, 0.3) is 0 Å². The van der Waals surface area contributed by atoms with Gasteiger partial charge < -0.3 is 20.2 Å². The molecule has 2 amide bonds. The highest BCUT2D eigenvalue weighted by atomic mass is 16.4. The quantitative estimate of drug-likeness (QED) is 0.750. The lowest BCUT2D eigenvalue weighted by Crippen LogP contribution is -2.45. The molecule has 6 nitrogen and oxygen atoms in total. The standard InChI is InChI=1S/C13H18N2O4/c16-12(17)10-4-1-5-11(10)15-13(18)14-7-6-9-3-2-8-19-9/h2-3,8,10-11H,1,4-7H2,(H,16,17)(H2,14,15,18). The van der Waals surface area contributed by atoms with E-state index in [2.05, 4.69) is 10.6 Å². The van der Waals surface area contributed by atoms with Crippen LogP contribution in [0.15, 0.2) is 22.8 Å². The molecule has 1 aromatic rings. The second-order valence-electron chi connectivity index (χ2n) is 4.71. The summed E-state index contributed by atoms with van der Waals surface area (Å²) in [5, 5.41) is 14.4. The maximum Gasteiger partial charge on any atom is 0.315 e. The van der Waals surface area contributed by atoms with Gasteiger partial charge in [0.15, 0.2) is 0 Å². The van der Waals surface area contributed by atoms with Gasteiger partial charge in [-0.15, -0.1) is 0 Å². The van der Waals surface area contributed by atoms with Crippen LogP contribution >= 0.6 is 0 Å². The Kier molecular flexibility index (Phi) is 4.43. The molecule has 0 saturated heterocycles. The van der Waals surface area contributed by atoms with Gasteiger partial charge in [0.05, 0.1) is 12.2 Å². The average molecular weight is 266 g/mol. The molecule has 2 atom stereocenters. The van der Waals surface area contributed by atoms with Gasteiger partial charge in [-0.1, -0.05) is 6.42 Å². The molecule has 1 aliphatic rings. The van der Waals surface area contributed by atoms with E-state index in [1.807, 2.05) is 6.07 Å². The molecule has 0 spiro atoms. The third-order valence-electron chi connectivity index (χ3n) is 3.39. The molecule has 19 heavy (non-hydrogen) atoms. The molecule has 104 valence electrons. The fourth-order valence-corrected chi connectivity index (χ4v) is 2.40. The van der Waals surface area contributed by atoms with E-state index in [4.69, 9.17) is 9.52 Å². The summed E-state index contributed by atoms with van der Waals surface area (Å²) in [5.41, 5.74) is 0. The zero-order valence-corrected chi connectivity index (χ0v) is 10.6. The number of aliphatic carboxylic acids is 1. The van der Waals surface area contributed by atoms with Crippen LogP contribution in [0.1, 0.15) is 25.0 Å². The fraction of sp³-hybridized carbons (Fsp3) is 0.538. The molecule has 0 aromatic carbocycles. The second-order valence-corrected chi connectivity index (χ2v) is 4.71. The smallest absolute Gasteiger partial charge is 0.315 e. The van der Waals surface area contributed by atoms with E-state index in [1.165, 1.54) is 0 Å². The summed E-state index contributed by atoms with van der Waals surface area (Å²) < 4.78 is 5.15. The third kappa shape index (κ3) is 3.74. The molecule has 2 unspecified atom stereocenters. The average Bonchev–Trinajstić information content (AvgIpc) is 2.99. The van der Waals surface area contributed by atoms with Gasteiger partial charge in [0.2, 0.25) is 0 Å². The van der Waals surface area contributed by atoms with Crippen molar-refractivity contribution in [3.8, 4) is 0 Å². The van der Waals surface area contributed by atoms with E-state index in [0.29, 0.717) is 19.4 Å². The van der Waals surface area contributed by atoms with Gasteiger partial charge in [0.1, 0.15) is 5.76 Å². The highest BCUT2D eigenvalue weighted by Gasteiger charge is 2.33. The molecule has 0 aliphatic heterocycles. The molecule has 3 N–H and O–H groups in total. The Bertz CT molecular complexity index is 430. The number of furan rings is 1. The van der Waals surface area contributed by atoms with Crippen LogP contribution in [0.2, 0.25) is 0 Å². The summed E-state index contributed by atoms with van der Waals surface area (Å²) >= 11 is 0. The molecule has 1 aliphatic carbocycles. The number of amides is 2. The normalized spacial score (nSPS) is 22.1. The summed E-state index contributed by atoms with van der Waals surface area (Å²) in [6.07, 6.45) is 4.41. The molecule has 1 fully saturated rings. The van der Waals surface area contributed by atoms with Crippen LogP contribution in [0.4, 0.5) is 4.79 Å². The molecular formula is C13H18N2O4. The van der Waals surface area contributed by atoms with Gasteiger partial charge in [-0.25, -0.2) is 4.79 Å². The van der Waals surface area contributed by atoms with Gasteiger partial charge in [-0.3, -0.25) is 4.79 Å². The lowest BCUT2D eigenvalue weighted by molar-refractivity contribution is -0.142. The summed E-state index contributed by atoms with van der Waals surface area (Å²) in [6, 6.07) is 3.06. The molecule has 6 heteroatoms. The Morgan fingerprint density at radius 1 is 1.42 bits per heavy atom. The molecule has 0 radical (unpaired) electrons. The first-order valence-electron chi connectivity index (χ1n) is 6.46. The maximum atomic E-state index is 11.6. The Morgan fingerprint density at radius 3 is 2.95 bits per heavy atom. The van der Waals surface area contributed by atoms with Crippen molar-refractivity contribution < 1.29 is 19.1 Å². The monoisotopic (exact) mass is 266 g/mol. The van der Waals surface area contributed by atoms with E-state index in [1.54, 1.807) is 12.3 Å². The van der Waals surface area contributed by atoms with Crippen molar-refractivity contribution in [3.05, 3.63) is 24.2 Å². The van der Waals surface area contributed by atoms with Crippen molar-refractivity contribution in [2.24, 2.45) is 5.92 Å². The molecule has 2 rings (SSSR count). The van der Waals surface area contributed by atoms with Crippen molar-refractivity contribution in [2.75, 3.05) is 6.54 Å². The van der Waals surface area contributed by atoms with Gasteiger partial charge in [0.25, 0.3) is 0 Å². The van der Waals surface area contributed by atoms with Crippen LogP contribution < -0.4 is 10.6 Å². The highest BCUT2D eigenvalue weighted by Crippen LogP contribution is 2.25. The maximum absolute atomic E-state index is 11.6. The predicted octanol–water partition coefficient (Wildman–Crippen LogP) is 1.37. The number of rotatable bonds is 5. The first-order valence-corrected chi connectivity index (χ1v) is 6.46. The Labute approximate surface area is 111 Å². The number of carboxylic acids is 1. The van der Waals surface area contributed by atoms with Crippen LogP contribution in [-0.4, -0.2) is 29.7 Å². The number of hydrogen-bond acceptors (Lipinski definition) is 3. The minimum atomic E-state index is -0.835. The van der Waals surface area contributed by atoms with Crippen molar-refractivity contribution in [1.29, 1.82) is 0 Å². The third-order valence-corrected chi connectivity index (χ3v) is 3.39. The Hall–Kier alpha value is -1.98. The van der Waals surface area contributed by atoms with Crippen molar-refractivity contribution >= 4 is 12.0 Å². The lowest BCUT2D eigenvalue weighted by Gasteiger charge is -2.17. The SMILES string of the molecule is O=C(NCCc1ccco1)NC1CCCC1C(=O)O. The Morgan fingerprint density at radius 2 is 2.26 bits per heavy atom. The number of carboxylic acid groups (broad SMARTS) is 1. The number of nitrogens with one attached hydrogen (secondary N) is 2. The number of urea groups is 1. The number of carbonyl (C=O) groups excluding carboxylic acids is 1. The Balaban J connectivity index is 1.70. The summed E-state index contributed by atoms with van der Waals surface area (Å²) in [6.45, 7) is 0.462. The largest absolute Gasteiger partial charge is 0.481 e. The van der Waals surface area contributed by atoms with Crippen molar-refractivity contribution in [2.45, 2.75) is 31.7 Å². The summed E-state index contributed by atoms with van der Waals surface area (Å²) in [5.74, 6) is -0.487. The van der Waals surface area contributed by atoms with Crippen molar-refractivity contribution in [1.82, 2.24) is 10.6 Å². The highest BCUT2D eigenvalue weighted by molar-refractivity contribution is 5.77. The zero-order chi connectivity index (χ0) is 13.7. The molecule has 1 saturated carbocycles. The lowest BCUT2D eigenvalue weighted by atomic mass is 10.0. The number of carbonyl (C=O) groups is 2. The summed E-state index contributed by atoms with van der Waals surface area (Å²) in [7, 11) is 0. The van der Waals surface area contributed by atoms with Crippen LogP contribution in [0.3, 0.4) is 0 Å². The van der Waals surface area contributed by atoms with E-state index in [0.717, 1.165) is 18.6 Å². The minimum absolute atomic E-state index is 0.263. The molecule has 1 aromatic heterocycles. The van der Waals surface area contributed by atoms with Gasteiger partial charge in [-0.05, 0) is 25.0 Å². The molecular weight excluding hydrogens is 248 g/mol. The van der Waals surface area contributed by atoms with E-state index in [9.17, 15) is 9.59 Å². The van der Waals surface area contributed by atoms with Crippen molar-refractivity contribution in [3.63, 3.8) is 0 Å². The minimum Gasteiger partial charge on any atom is -0.481 e. The topological polar surface area (TPSA) is 91.6 Å². The van der Waals surface area contributed by atoms with Crippen LogP contribution in [-0.2, 0) is 11.2 Å². The first-order chi connectivity index (χ1) is 9.16. The first kappa shape index (κ1) is 13.5. The second kappa shape index (κ2) is 6.26. The van der Waals surface area contributed by atoms with E-state index in [-0.39, 0.29) is 12.1 Å². The van der Waals surface area contributed by atoms with Gasteiger partial charge >= 0.3 is 12.0 Å². The summed E-state index contributed by atoms with van der Waals surface area (Å²) in [4.78, 5) is 22.6. The zero-order valence-electron chi connectivity index (χ0n) is 10.6. The van der Waals surface area contributed by atoms with Crippen LogP contribution in [0, 0.1) is 5.92 Å².